The molecule has 0 bridgehead atoms. The van der Waals surface area contributed by atoms with E-state index in [-0.39, 0.29) is 0 Å². The zero-order chi connectivity index (χ0) is 13.4. The van der Waals surface area contributed by atoms with Crippen LogP contribution in [0.1, 0.15) is 19.4 Å². The van der Waals surface area contributed by atoms with Gasteiger partial charge in [-0.15, -0.1) is 0 Å². The van der Waals surface area contributed by atoms with Gasteiger partial charge in [-0.05, 0) is 37.2 Å². The predicted octanol–water partition coefficient (Wildman–Crippen LogP) is 2.59. The Morgan fingerprint density at radius 3 is 2.56 bits per heavy atom. The zero-order valence-corrected chi connectivity index (χ0v) is 11.6. The highest BCUT2D eigenvalue weighted by Gasteiger charge is 1.94. The Morgan fingerprint density at radius 1 is 1.28 bits per heavy atom. The van der Waals surface area contributed by atoms with Gasteiger partial charge in [0, 0.05) is 12.7 Å². The fourth-order valence-electron chi connectivity index (χ4n) is 1.27. The highest BCUT2D eigenvalue weighted by atomic mass is 32.1. The van der Waals surface area contributed by atoms with Crippen molar-refractivity contribution in [2.24, 2.45) is 0 Å². The molecule has 0 aliphatic carbocycles. The average Bonchev–Trinajstić information content (AvgIpc) is 2.37. The highest BCUT2D eigenvalue weighted by molar-refractivity contribution is 7.80. The quantitative estimate of drug-likeness (QED) is 0.432. The molecule has 0 atom stereocenters. The van der Waals surface area contributed by atoms with Crippen molar-refractivity contribution >= 4 is 22.9 Å². The molecular weight excluding hydrogens is 242 g/mol. The monoisotopic (exact) mass is 261 g/mol. The molecule has 3 N–H and O–H groups in total. The third-order valence-electron chi connectivity index (χ3n) is 2.25. The van der Waals surface area contributed by atoms with Crippen molar-refractivity contribution in [2.75, 3.05) is 6.54 Å². The highest BCUT2D eigenvalue weighted by Crippen LogP contribution is 2.10. The molecule has 0 aliphatic heterocycles. The molecule has 0 heterocycles. The molecule has 4 heteroatoms. The molecule has 3 nitrogen and oxygen atoms in total. The van der Waals surface area contributed by atoms with Crippen LogP contribution in [0.4, 0.5) is 0 Å². The maximum Gasteiger partial charge on any atom is 0.185 e. The van der Waals surface area contributed by atoms with Crippen molar-refractivity contribution in [3.8, 4) is 0 Å². The number of hydrogen-bond donors (Lipinski definition) is 3. The fourth-order valence-corrected chi connectivity index (χ4v) is 1.40. The van der Waals surface area contributed by atoms with Crippen molar-refractivity contribution in [3.63, 3.8) is 0 Å². The maximum atomic E-state index is 5.09. The van der Waals surface area contributed by atoms with Gasteiger partial charge in [0.25, 0.3) is 0 Å². The second kappa shape index (κ2) is 7.50. The molecule has 0 radical (unpaired) electrons. The van der Waals surface area contributed by atoms with E-state index in [1.807, 2.05) is 38.2 Å². The summed E-state index contributed by atoms with van der Waals surface area (Å²) < 4.78 is 0. The molecule has 0 fully saturated rings. The number of nitrogens with one attached hydrogen (secondary N) is 3. The van der Waals surface area contributed by atoms with Gasteiger partial charge in [0.2, 0.25) is 0 Å². The Labute approximate surface area is 114 Å². The van der Waals surface area contributed by atoms with Crippen molar-refractivity contribution in [1.29, 1.82) is 0 Å². The molecule has 96 valence electrons. The predicted molar refractivity (Wildman–Crippen MR) is 81.8 cm³/mol. The minimum absolute atomic E-state index is 0.551. The van der Waals surface area contributed by atoms with Crippen LogP contribution in [0.5, 0.6) is 0 Å². The first kappa shape index (κ1) is 14.3. The lowest BCUT2D eigenvalue weighted by molar-refractivity contribution is 0.790. The van der Waals surface area contributed by atoms with Crippen LogP contribution in [0.25, 0.3) is 5.57 Å². The summed E-state index contributed by atoms with van der Waals surface area (Å²) in [6.07, 6.45) is 1.88. The molecule has 0 saturated heterocycles. The summed E-state index contributed by atoms with van der Waals surface area (Å²) in [5.41, 5.74) is 9.19. The van der Waals surface area contributed by atoms with Gasteiger partial charge < -0.3 is 10.7 Å². The van der Waals surface area contributed by atoms with Crippen LogP contribution < -0.4 is 16.2 Å². The van der Waals surface area contributed by atoms with Gasteiger partial charge in [-0.1, -0.05) is 42.5 Å². The van der Waals surface area contributed by atoms with E-state index in [0.29, 0.717) is 11.7 Å². The van der Waals surface area contributed by atoms with E-state index in [0.717, 1.165) is 11.1 Å². The molecular formula is C14H19N3S. The molecule has 0 aliphatic rings. The Morgan fingerprint density at radius 2 is 1.94 bits per heavy atom. The number of benzene rings is 1. The standard InChI is InChI=1S/C14H19N3S/c1-11(2)9-15-14(18)17-16-10-12(3)13-7-5-4-6-8-13/h4-8,10,16H,1,9H2,2-3H3,(H2,15,17,18)/b12-10+. The van der Waals surface area contributed by atoms with Crippen LogP contribution in [0, 0.1) is 0 Å². The van der Waals surface area contributed by atoms with E-state index < -0.39 is 0 Å². The van der Waals surface area contributed by atoms with Crippen LogP contribution in [0.2, 0.25) is 0 Å². The summed E-state index contributed by atoms with van der Waals surface area (Å²) in [6, 6.07) is 10.1. The molecule has 0 amide bonds. The minimum atomic E-state index is 0.551. The lowest BCUT2D eigenvalue weighted by Crippen LogP contribution is -2.42. The van der Waals surface area contributed by atoms with Gasteiger partial charge in [-0.2, -0.15) is 0 Å². The van der Waals surface area contributed by atoms with Crippen molar-refractivity contribution < 1.29 is 0 Å². The van der Waals surface area contributed by atoms with E-state index in [1.165, 1.54) is 5.56 Å². The molecule has 0 saturated carbocycles. The number of thiocarbonyl (C=S) groups is 1. The molecule has 1 rings (SSSR count). The summed E-state index contributed by atoms with van der Waals surface area (Å²) in [7, 11) is 0. The topological polar surface area (TPSA) is 36.1 Å². The normalized spacial score (nSPS) is 10.7. The van der Waals surface area contributed by atoms with Crippen LogP contribution in [0.3, 0.4) is 0 Å². The number of allylic oxidation sites excluding steroid dienone is 1. The Bertz CT molecular complexity index is 438. The third kappa shape index (κ3) is 5.50. The van der Waals surface area contributed by atoms with E-state index in [2.05, 4.69) is 34.9 Å². The third-order valence-corrected chi connectivity index (χ3v) is 2.50. The second-order valence-electron chi connectivity index (χ2n) is 4.10. The molecule has 18 heavy (non-hydrogen) atoms. The molecule has 0 spiro atoms. The summed E-state index contributed by atoms with van der Waals surface area (Å²) in [5, 5.41) is 3.58. The maximum absolute atomic E-state index is 5.09. The molecule has 0 unspecified atom stereocenters. The number of rotatable bonds is 5. The van der Waals surface area contributed by atoms with Crippen LogP contribution in [-0.4, -0.2) is 11.7 Å². The van der Waals surface area contributed by atoms with Gasteiger partial charge in [0.1, 0.15) is 0 Å². The van der Waals surface area contributed by atoms with E-state index in [4.69, 9.17) is 12.2 Å². The van der Waals surface area contributed by atoms with Gasteiger partial charge in [-0.25, -0.2) is 0 Å². The van der Waals surface area contributed by atoms with Crippen LogP contribution >= 0.6 is 12.2 Å². The largest absolute Gasteiger partial charge is 0.358 e. The molecule has 1 aromatic carbocycles. The second-order valence-corrected chi connectivity index (χ2v) is 4.51. The first-order valence-electron chi connectivity index (χ1n) is 5.75. The Hall–Kier alpha value is -1.81. The summed E-state index contributed by atoms with van der Waals surface area (Å²) in [6.45, 7) is 8.45. The summed E-state index contributed by atoms with van der Waals surface area (Å²) in [5.74, 6) is 0. The van der Waals surface area contributed by atoms with E-state index in [1.54, 1.807) is 0 Å². The van der Waals surface area contributed by atoms with Crippen LogP contribution in [-0.2, 0) is 0 Å². The van der Waals surface area contributed by atoms with Gasteiger partial charge in [0.05, 0.1) is 0 Å². The average molecular weight is 261 g/mol. The molecule has 0 aromatic heterocycles. The Kier molecular flexibility index (Phi) is 5.94. The lowest BCUT2D eigenvalue weighted by atomic mass is 10.1. The van der Waals surface area contributed by atoms with Gasteiger partial charge >= 0.3 is 0 Å². The van der Waals surface area contributed by atoms with Crippen molar-refractivity contribution in [2.45, 2.75) is 13.8 Å². The lowest BCUT2D eigenvalue weighted by Gasteiger charge is -2.10. The summed E-state index contributed by atoms with van der Waals surface area (Å²) >= 11 is 5.09. The SMILES string of the molecule is C=C(C)CNC(=S)NN/C=C(\C)c1ccccc1. The number of hydrazine groups is 1. The Balaban J connectivity index is 2.36. The van der Waals surface area contributed by atoms with Gasteiger partial charge in [-0.3, -0.25) is 5.43 Å². The fraction of sp³-hybridized carbons (Fsp3) is 0.214. The summed E-state index contributed by atoms with van der Waals surface area (Å²) in [4.78, 5) is 0. The minimum Gasteiger partial charge on any atom is -0.358 e. The first-order chi connectivity index (χ1) is 8.59. The van der Waals surface area contributed by atoms with Crippen LogP contribution in [0.15, 0.2) is 48.7 Å². The van der Waals surface area contributed by atoms with E-state index in [9.17, 15) is 0 Å². The van der Waals surface area contributed by atoms with Crippen molar-refractivity contribution in [3.05, 3.63) is 54.2 Å². The van der Waals surface area contributed by atoms with Gasteiger partial charge in [0.15, 0.2) is 5.11 Å². The number of hydrogen-bond acceptors (Lipinski definition) is 2. The first-order valence-corrected chi connectivity index (χ1v) is 6.16. The van der Waals surface area contributed by atoms with Crippen molar-refractivity contribution in [1.82, 2.24) is 16.2 Å². The van der Waals surface area contributed by atoms with E-state index >= 15 is 0 Å². The zero-order valence-electron chi connectivity index (χ0n) is 10.8. The molecule has 1 aromatic rings. The smallest absolute Gasteiger partial charge is 0.185 e.